The minimum atomic E-state index is -0.331. The molecule has 0 aliphatic rings. The SMILES string of the molecule is O=C(Oc1ccsc1)c1ccc(-c2ccccc2)cc1.[H+]. The third kappa shape index (κ3) is 2.78. The molecule has 0 saturated heterocycles. The first-order valence-corrected chi connectivity index (χ1v) is 7.17. The van der Waals surface area contributed by atoms with Crippen LogP contribution in [-0.2, 0) is 0 Å². The van der Waals surface area contributed by atoms with E-state index < -0.39 is 0 Å². The molecule has 3 heteroatoms. The van der Waals surface area contributed by atoms with Crippen molar-refractivity contribution in [3.8, 4) is 16.9 Å². The van der Waals surface area contributed by atoms with E-state index in [1.54, 1.807) is 23.6 Å². The predicted molar refractivity (Wildman–Crippen MR) is 82.3 cm³/mol. The topological polar surface area (TPSA) is 26.3 Å². The lowest BCUT2D eigenvalue weighted by Gasteiger charge is -2.04. The van der Waals surface area contributed by atoms with Crippen LogP contribution in [0.3, 0.4) is 0 Å². The molecule has 3 aromatic rings. The van der Waals surface area contributed by atoms with Gasteiger partial charge in [0.1, 0.15) is 5.75 Å². The van der Waals surface area contributed by atoms with Gasteiger partial charge in [0.15, 0.2) is 0 Å². The number of hydrogen-bond donors (Lipinski definition) is 0. The molecule has 2 aromatic carbocycles. The van der Waals surface area contributed by atoms with Gasteiger partial charge in [-0.1, -0.05) is 42.5 Å². The summed E-state index contributed by atoms with van der Waals surface area (Å²) in [5.74, 6) is 0.259. The number of carbonyl (C=O) groups excluding carboxylic acids is 1. The number of ether oxygens (including phenoxy) is 1. The lowest BCUT2D eigenvalue weighted by atomic mass is 10.0. The Bertz CT molecular complexity index is 691. The van der Waals surface area contributed by atoms with Crippen molar-refractivity contribution in [3.05, 3.63) is 77.0 Å². The maximum absolute atomic E-state index is 11.9. The van der Waals surface area contributed by atoms with Gasteiger partial charge in [-0.25, -0.2) is 4.79 Å². The second-order valence-electron chi connectivity index (χ2n) is 4.29. The van der Waals surface area contributed by atoms with Crippen molar-refractivity contribution in [2.45, 2.75) is 0 Å². The average molecular weight is 281 g/mol. The zero-order valence-corrected chi connectivity index (χ0v) is 11.5. The highest BCUT2D eigenvalue weighted by molar-refractivity contribution is 7.08. The van der Waals surface area contributed by atoms with Crippen molar-refractivity contribution in [1.29, 1.82) is 0 Å². The van der Waals surface area contributed by atoms with Crippen molar-refractivity contribution in [3.63, 3.8) is 0 Å². The van der Waals surface area contributed by atoms with Gasteiger partial charge in [-0.15, -0.1) is 11.3 Å². The third-order valence-electron chi connectivity index (χ3n) is 2.93. The number of thiophene rings is 1. The van der Waals surface area contributed by atoms with Crippen molar-refractivity contribution in [2.24, 2.45) is 0 Å². The van der Waals surface area contributed by atoms with E-state index >= 15 is 0 Å². The Morgan fingerprint density at radius 3 is 2.25 bits per heavy atom. The Labute approximate surface area is 122 Å². The van der Waals surface area contributed by atoms with E-state index in [-0.39, 0.29) is 7.40 Å². The summed E-state index contributed by atoms with van der Waals surface area (Å²) in [6, 6.07) is 19.3. The van der Waals surface area contributed by atoms with Crippen molar-refractivity contribution < 1.29 is 11.0 Å². The van der Waals surface area contributed by atoms with Gasteiger partial charge < -0.3 is 4.74 Å². The van der Waals surface area contributed by atoms with Gasteiger partial charge in [0.05, 0.1) is 5.56 Å². The quantitative estimate of drug-likeness (QED) is 0.648. The van der Waals surface area contributed by atoms with Crippen LogP contribution in [0.2, 0.25) is 0 Å². The van der Waals surface area contributed by atoms with Crippen LogP contribution < -0.4 is 4.74 Å². The normalized spacial score (nSPS) is 10.2. The van der Waals surface area contributed by atoms with Gasteiger partial charge in [-0.3, -0.25) is 0 Å². The lowest BCUT2D eigenvalue weighted by molar-refractivity contribution is 0.0735. The zero-order chi connectivity index (χ0) is 13.8. The van der Waals surface area contributed by atoms with Crippen LogP contribution in [0.1, 0.15) is 11.8 Å². The predicted octanol–water partition coefficient (Wildman–Crippen LogP) is 4.75. The largest absolute Gasteiger partial charge is 1.00 e. The Morgan fingerprint density at radius 2 is 1.60 bits per heavy atom. The van der Waals surface area contributed by atoms with Crippen molar-refractivity contribution in [1.82, 2.24) is 0 Å². The molecule has 0 radical (unpaired) electrons. The molecule has 0 fully saturated rings. The van der Waals surface area contributed by atoms with Gasteiger partial charge in [0.25, 0.3) is 0 Å². The molecule has 3 rings (SSSR count). The summed E-state index contributed by atoms with van der Waals surface area (Å²) in [6.45, 7) is 0. The van der Waals surface area contributed by atoms with Crippen molar-refractivity contribution in [2.75, 3.05) is 0 Å². The molecule has 0 amide bonds. The van der Waals surface area contributed by atoms with Crippen molar-refractivity contribution >= 4 is 17.3 Å². The van der Waals surface area contributed by atoms with E-state index in [0.29, 0.717) is 11.3 Å². The fraction of sp³-hybridized carbons (Fsp3) is 0. The van der Waals surface area contributed by atoms with Crippen LogP contribution in [0.25, 0.3) is 11.1 Å². The molecule has 2 nitrogen and oxygen atoms in total. The van der Waals surface area contributed by atoms with Gasteiger partial charge in [-0.2, -0.15) is 0 Å². The summed E-state index contributed by atoms with van der Waals surface area (Å²) < 4.78 is 5.26. The monoisotopic (exact) mass is 281 g/mol. The first-order valence-electron chi connectivity index (χ1n) is 6.23. The zero-order valence-electron chi connectivity index (χ0n) is 11.7. The Balaban J connectivity index is 0.00000161. The van der Waals surface area contributed by atoms with Crippen LogP contribution >= 0.6 is 11.3 Å². The number of carbonyl (C=O) groups is 1. The second kappa shape index (κ2) is 5.72. The van der Waals surface area contributed by atoms with E-state index in [1.165, 1.54) is 11.3 Å². The van der Waals surface area contributed by atoms with E-state index in [9.17, 15) is 4.79 Å². The maximum atomic E-state index is 11.9. The van der Waals surface area contributed by atoms with Gasteiger partial charge in [0.2, 0.25) is 0 Å². The van der Waals surface area contributed by atoms with E-state index in [1.807, 2.05) is 47.8 Å². The standard InChI is InChI=1S/C17H12O2S/c18-17(19-16-10-11-20-12-16)15-8-6-14(7-9-15)13-4-2-1-3-5-13/h1-12H/p+1. The Hall–Kier alpha value is -2.39. The molecule has 0 unspecified atom stereocenters. The molecule has 0 bridgehead atoms. The fourth-order valence-corrected chi connectivity index (χ4v) is 2.46. The average Bonchev–Trinajstić information content (AvgIpc) is 3.01. The highest BCUT2D eigenvalue weighted by atomic mass is 32.1. The van der Waals surface area contributed by atoms with Gasteiger partial charge >= 0.3 is 7.40 Å². The number of rotatable bonds is 3. The molecule has 1 heterocycles. The van der Waals surface area contributed by atoms with Crippen LogP contribution in [0.4, 0.5) is 0 Å². The highest BCUT2D eigenvalue weighted by Crippen LogP contribution is 2.21. The highest BCUT2D eigenvalue weighted by Gasteiger charge is 2.08. The summed E-state index contributed by atoms with van der Waals surface area (Å²) in [5.41, 5.74) is 2.76. The number of benzene rings is 2. The maximum Gasteiger partial charge on any atom is 1.00 e. The minimum Gasteiger partial charge on any atom is -0.422 e. The number of esters is 1. The molecule has 0 saturated carbocycles. The Kier molecular flexibility index (Phi) is 3.61. The Morgan fingerprint density at radius 1 is 0.900 bits per heavy atom. The molecule has 0 aliphatic carbocycles. The molecule has 0 spiro atoms. The van der Waals surface area contributed by atoms with Crippen LogP contribution in [0, 0.1) is 0 Å². The number of hydrogen-bond acceptors (Lipinski definition) is 3. The lowest BCUT2D eigenvalue weighted by Crippen LogP contribution is -2.07. The summed E-state index contributed by atoms with van der Waals surface area (Å²) in [6.07, 6.45) is 0. The molecule has 0 N–H and O–H groups in total. The molecule has 0 aliphatic heterocycles. The molecule has 98 valence electrons. The minimum absolute atomic E-state index is 0. The molecule has 1 aromatic heterocycles. The third-order valence-corrected chi connectivity index (χ3v) is 3.59. The van der Waals surface area contributed by atoms with Crippen LogP contribution in [0.15, 0.2) is 71.4 Å². The fourth-order valence-electron chi connectivity index (χ4n) is 1.91. The van der Waals surface area contributed by atoms with Crippen LogP contribution in [0.5, 0.6) is 5.75 Å². The van der Waals surface area contributed by atoms with E-state index in [0.717, 1.165) is 11.1 Å². The summed E-state index contributed by atoms with van der Waals surface area (Å²) >= 11 is 1.50. The second-order valence-corrected chi connectivity index (χ2v) is 5.07. The molecule has 0 atom stereocenters. The summed E-state index contributed by atoms with van der Waals surface area (Å²) in [4.78, 5) is 11.9. The van der Waals surface area contributed by atoms with Gasteiger partial charge in [-0.05, 0) is 34.7 Å². The molecular weight excluding hydrogens is 268 g/mol. The first kappa shape index (κ1) is 12.6. The summed E-state index contributed by atoms with van der Waals surface area (Å²) in [7, 11) is 0. The van der Waals surface area contributed by atoms with Gasteiger partial charge in [0, 0.05) is 5.38 Å². The van der Waals surface area contributed by atoms with E-state index in [2.05, 4.69) is 0 Å². The molecule has 20 heavy (non-hydrogen) atoms. The summed E-state index contributed by atoms with van der Waals surface area (Å²) in [5, 5.41) is 3.68. The smallest absolute Gasteiger partial charge is 0.422 e. The molecular formula is C17H13O2S+. The van der Waals surface area contributed by atoms with Crippen LogP contribution in [-0.4, -0.2) is 5.97 Å². The first-order chi connectivity index (χ1) is 9.83. The van der Waals surface area contributed by atoms with E-state index in [4.69, 9.17) is 4.74 Å².